The van der Waals surface area contributed by atoms with Crippen molar-refractivity contribution in [3.05, 3.63) is 84.5 Å². The molecular formula is C34H36N6O7. The molecule has 5 heterocycles. The van der Waals surface area contributed by atoms with Crippen LogP contribution in [0.4, 0.5) is 0 Å². The molecule has 4 aliphatic heterocycles. The van der Waals surface area contributed by atoms with Gasteiger partial charge >= 0.3 is 5.97 Å². The number of aliphatic hydroxyl groups excluding tert-OH is 1. The number of carbonyl (C=O) groups excluding carboxylic acids is 4. The maximum atomic E-state index is 14.8. The SMILES string of the molecule is C[C@H](CO)N1C(=O)[C@H]2[C@@H]3C(=O)O[C@H](c4ccccc4)CNC(=O)CC/C=C\CN(Cn4nnc5ccccc54)C(=O)[C@H]1[C@@]21C=C[C@@H]3O1. The average Bonchev–Trinajstić information content (AvgIpc) is 3.84. The molecule has 4 aliphatic rings. The van der Waals surface area contributed by atoms with Crippen molar-refractivity contribution in [3.63, 3.8) is 0 Å². The zero-order valence-corrected chi connectivity index (χ0v) is 25.8. The third-order valence-electron chi connectivity index (χ3n) is 9.54. The van der Waals surface area contributed by atoms with Crippen molar-refractivity contribution < 1.29 is 33.8 Å². The summed E-state index contributed by atoms with van der Waals surface area (Å²) in [5.74, 6) is -3.88. The number of rotatable bonds is 5. The lowest BCUT2D eigenvalue weighted by molar-refractivity contribution is -0.160. The highest BCUT2D eigenvalue weighted by Crippen LogP contribution is 2.56. The number of carbonyl (C=O) groups is 4. The van der Waals surface area contributed by atoms with Gasteiger partial charge in [-0.2, -0.15) is 0 Å². The highest BCUT2D eigenvalue weighted by atomic mass is 16.6. The molecule has 0 radical (unpaired) electrons. The Morgan fingerprint density at radius 2 is 1.83 bits per heavy atom. The number of benzene rings is 2. The number of nitrogens with one attached hydrogen (secondary N) is 1. The lowest BCUT2D eigenvalue weighted by atomic mass is 9.74. The molecule has 2 N–H and O–H groups in total. The van der Waals surface area contributed by atoms with E-state index in [4.69, 9.17) is 9.47 Å². The molecule has 3 amide bonds. The highest BCUT2D eigenvalue weighted by Gasteiger charge is 2.74. The Labute approximate surface area is 270 Å². The van der Waals surface area contributed by atoms with Crippen molar-refractivity contribution in [1.82, 2.24) is 30.1 Å². The first kappa shape index (κ1) is 30.8. The number of fused-ring (bicyclic) bond motifs is 3. The summed E-state index contributed by atoms with van der Waals surface area (Å²) in [4.78, 5) is 58.9. The zero-order chi connectivity index (χ0) is 32.7. The number of ether oxygens (including phenoxy) is 2. The molecule has 1 spiro atoms. The van der Waals surface area contributed by atoms with Crippen LogP contribution in [0.3, 0.4) is 0 Å². The van der Waals surface area contributed by atoms with E-state index < -0.39 is 66.1 Å². The normalized spacial score (nSPS) is 30.8. The monoisotopic (exact) mass is 640 g/mol. The van der Waals surface area contributed by atoms with Gasteiger partial charge in [-0.3, -0.25) is 19.2 Å². The van der Waals surface area contributed by atoms with Crippen LogP contribution in [0.25, 0.3) is 11.0 Å². The van der Waals surface area contributed by atoms with Gasteiger partial charge in [-0.05, 0) is 31.0 Å². The average molecular weight is 641 g/mol. The topological polar surface area (TPSA) is 156 Å². The molecule has 2 fully saturated rings. The summed E-state index contributed by atoms with van der Waals surface area (Å²) in [6, 6.07) is 14.5. The first-order valence-electron chi connectivity index (χ1n) is 15.9. The Kier molecular flexibility index (Phi) is 8.10. The van der Waals surface area contributed by atoms with E-state index in [0.29, 0.717) is 17.5 Å². The van der Waals surface area contributed by atoms with E-state index in [0.717, 1.165) is 5.52 Å². The first-order valence-corrected chi connectivity index (χ1v) is 15.9. The summed E-state index contributed by atoms with van der Waals surface area (Å²) >= 11 is 0. The van der Waals surface area contributed by atoms with Crippen molar-refractivity contribution in [2.45, 2.75) is 56.3 Å². The molecule has 2 aromatic carbocycles. The van der Waals surface area contributed by atoms with E-state index >= 15 is 0 Å². The number of esters is 1. The summed E-state index contributed by atoms with van der Waals surface area (Å²) in [6.07, 6.45) is 6.06. The molecule has 5 bridgehead atoms. The van der Waals surface area contributed by atoms with Gasteiger partial charge in [0.1, 0.15) is 35.9 Å². The minimum atomic E-state index is -1.46. The fourth-order valence-electron chi connectivity index (χ4n) is 7.24. The van der Waals surface area contributed by atoms with E-state index in [1.807, 2.05) is 48.5 Å². The Hall–Kier alpha value is -4.88. The smallest absolute Gasteiger partial charge is 0.313 e. The van der Waals surface area contributed by atoms with Gasteiger partial charge in [0.25, 0.3) is 5.91 Å². The molecule has 47 heavy (non-hydrogen) atoms. The van der Waals surface area contributed by atoms with Gasteiger partial charge in [-0.1, -0.05) is 72.0 Å². The molecule has 1 aromatic heterocycles. The number of allylic oxidation sites excluding steroid dienone is 1. The number of para-hydroxylation sites is 1. The van der Waals surface area contributed by atoms with E-state index in [-0.39, 0.29) is 32.1 Å². The summed E-state index contributed by atoms with van der Waals surface area (Å²) in [5, 5.41) is 21.6. The first-order chi connectivity index (χ1) is 22.8. The predicted octanol–water partition coefficient (Wildman–Crippen LogP) is 1.50. The molecular weight excluding hydrogens is 604 g/mol. The van der Waals surface area contributed by atoms with Crippen LogP contribution in [0.15, 0.2) is 78.9 Å². The quantitative estimate of drug-likeness (QED) is 0.312. The molecule has 244 valence electrons. The van der Waals surface area contributed by atoms with Crippen LogP contribution >= 0.6 is 0 Å². The van der Waals surface area contributed by atoms with Crippen molar-refractivity contribution in [2.75, 3.05) is 19.7 Å². The summed E-state index contributed by atoms with van der Waals surface area (Å²) < 4.78 is 14.1. The minimum absolute atomic E-state index is 0.00826. The molecule has 0 unspecified atom stereocenters. The van der Waals surface area contributed by atoms with E-state index in [2.05, 4.69) is 15.6 Å². The fraction of sp³-hybridized carbons (Fsp3) is 0.412. The Morgan fingerprint density at radius 1 is 1.04 bits per heavy atom. The Morgan fingerprint density at radius 3 is 2.64 bits per heavy atom. The minimum Gasteiger partial charge on any atom is -0.455 e. The number of hydrogen-bond acceptors (Lipinski definition) is 9. The van der Waals surface area contributed by atoms with Crippen LogP contribution in [0, 0.1) is 11.8 Å². The predicted molar refractivity (Wildman–Crippen MR) is 167 cm³/mol. The van der Waals surface area contributed by atoms with Crippen molar-refractivity contribution in [1.29, 1.82) is 0 Å². The molecule has 13 heteroatoms. The lowest BCUT2D eigenvalue weighted by Crippen LogP contribution is -2.58. The maximum absolute atomic E-state index is 14.8. The molecule has 0 aliphatic carbocycles. The molecule has 2 saturated heterocycles. The number of hydrogen-bond donors (Lipinski definition) is 2. The van der Waals surface area contributed by atoms with Crippen LogP contribution in [0.5, 0.6) is 0 Å². The Bertz CT molecular complexity index is 1760. The zero-order valence-electron chi connectivity index (χ0n) is 25.8. The van der Waals surface area contributed by atoms with E-state index in [9.17, 15) is 24.3 Å². The van der Waals surface area contributed by atoms with E-state index in [1.54, 1.807) is 46.9 Å². The largest absolute Gasteiger partial charge is 0.455 e. The standard InChI is InChI=1S/C34H36N6O7/c1-21(19-41)40-30-32(44)38(20-39-24-13-8-7-12-23(24)36-37-39)17-9-3-6-14-27(42)35-18-26(22-10-4-2-5-11-22)46-33(45)28-25-15-16-34(30,47-25)29(28)31(40)43/h2-5,7-13,15-16,21,25-26,28-30,41H,6,14,17-20H2,1H3,(H,35,42)/b9-3-/t21-,25+,26+,28-,29-,30+,34-/m1/s1. The van der Waals surface area contributed by atoms with Crippen molar-refractivity contribution >= 4 is 34.7 Å². The maximum Gasteiger partial charge on any atom is 0.313 e. The number of amides is 3. The second kappa shape index (κ2) is 12.4. The summed E-state index contributed by atoms with van der Waals surface area (Å²) in [6.45, 7) is 1.45. The highest BCUT2D eigenvalue weighted by molar-refractivity contribution is 5.99. The van der Waals surface area contributed by atoms with Crippen molar-refractivity contribution in [3.8, 4) is 0 Å². The van der Waals surface area contributed by atoms with Gasteiger partial charge in [-0.15, -0.1) is 5.10 Å². The van der Waals surface area contributed by atoms with Crippen LogP contribution in [0.2, 0.25) is 0 Å². The summed E-state index contributed by atoms with van der Waals surface area (Å²) in [7, 11) is 0. The van der Waals surface area contributed by atoms with Gasteiger partial charge < -0.3 is 29.7 Å². The second-order valence-electron chi connectivity index (χ2n) is 12.4. The third kappa shape index (κ3) is 5.28. The molecule has 13 nitrogen and oxygen atoms in total. The lowest BCUT2D eigenvalue weighted by Gasteiger charge is -2.37. The molecule has 0 saturated carbocycles. The van der Waals surface area contributed by atoms with Crippen LogP contribution < -0.4 is 5.32 Å². The van der Waals surface area contributed by atoms with Crippen LogP contribution in [0.1, 0.15) is 31.4 Å². The molecule has 3 aromatic rings. The number of likely N-dealkylation sites (tertiary alicyclic amines) is 1. The second-order valence-corrected chi connectivity index (χ2v) is 12.4. The molecule has 7 atom stereocenters. The van der Waals surface area contributed by atoms with Gasteiger partial charge in [-0.25, -0.2) is 4.68 Å². The fourth-order valence-corrected chi connectivity index (χ4v) is 7.24. The van der Waals surface area contributed by atoms with Crippen LogP contribution in [-0.2, 0) is 35.3 Å². The molecule has 7 rings (SSSR count). The number of aromatic nitrogens is 3. The van der Waals surface area contributed by atoms with Gasteiger partial charge in [0.2, 0.25) is 11.8 Å². The number of aliphatic hydroxyl groups is 1. The van der Waals surface area contributed by atoms with Gasteiger partial charge in [0.15, 0.2) is 0 Å². The van der Waals surface area contributed by atoms with Gasteiger partial charge in [0, 0.05) is 13.0 Å². The van der Waals surface area contributed by atoms with Crippen LogP contribution in [-0.4, -0.2) is 97.1 Å². The van der Waals surface area contributed by atoms with Gasteiger partial charge in [0.05, 0.1) is 36.7 Å². The van der Waals surface area contributed by atoms with E-state index in [1.165, 1.54) is 4.90 Å². The third-order valence-corrected chi connectivity index (χ3v) is 9.54. The Balaban J connectivity index is 1.29. The number of cyclic esters (lactones) is 1. The summed E-state index contributed by atoms with van der Waals surface area (Å²) in [5.41, 5.74) is 0.610. The number of nitrogens with zero attached hydrogens (tertiary/aromatic N) is 5. The van der Waals surface area contributed by atoms with Crippen molar-refractivity contribution in [2.24, 2.45) is 11.8 Å².